The molecule has 0 spiro atoms. The lowest BCUT2D eigenvalue weighted by molar-refractivity contribution is -0.129. The second kappa shape index (κ2) is 8.11. The molecule has 0 heterocycles. The van der Waals surface area contributed by atoms with Crippen LogP contribution in [0.1, 0.15) is 11.1 Å². The zero-order chi connectivity index (χ0) is 17.4. The summed E-state index contributed by atoms with van der Waals surface area (Å²) in [6.45, 7) is 3.31. The van der Waals surface area contributed by atoms with Gasteiger partial charge >= 0.3 is 5.97 Å². The van der Waals surface area contributed by atoms with Gasteiger partial charge in [0.25, 0.3) is 0 Å². The topological polar surface area (TPSA) is 79.2 Å². The normalized spacial score (nSPS) is 9.96. The molecule has 0 bridgehead atoms. The number of benzene rings is 2. The van der Waals surface area contributed by atoms with Gasteiger partial charge in [-0.15, -0.1) is 0 Å². The van der Waals surface area contributed by atoms with Crippen LogP contribution < -0.4 is 10.1 Å². The average Bonchev–Trinajstić information content (AvgIpc) is 2.62. The predicted molar refractivity (Wildman–Crippen MR) is 91.1 cm³/mol. The number of carbonyl (C=O) groups is 2. The molecule has 0 aromatic heterocycles. The first-order valence-corrected chi connectivity index (χ1v) is 7.04. The number of nitrogens with zero attached hydrogens (tertiary/aromatic N) is 1. The molecule has 1 N–H and O–H groups in total. The molecule has 1 amide bonds. The molecule has 24 heavy (non-hydrogen) atoms. The summed E-state index contributed by atoms with van der Waals surface area (Å²) in [6, 6.07) is 15.3. The molecule has 0 aliphatic carbocycles. The zero-order valence-electron chi connectivity index (χ0n) is 12.7. The number of hydrogen-bond acceptors (Lipinski definition) is 4. The molecule has 0 saturated carbocycles. The van der Waals surface area contributed by atoms with Gasteiger partial charge < -0.3 is 10.1 Å². The number of hydrogen-bond donors (Lipinski definition) is 1. The van der Waals surface area contributed by atoms with Crippen molar-refractivity contribution >= 4 is 23.6 Å². The molecule has 118 valence electrons. The van der Waals surface area contributed by atoms with Crippen LogP contribution in [-0.4, -0.2) is 11.9 Å². The van der Waals surface area contributed by atoms with E-state index in [1.54, 1.807) is 54.6 Å². The smallest absolute Gasteiger partial charge is 0.335 e. The number of nitrogens with one attached hydrogen (secondary N) is 1. The lowest BCUT2D eigenvalue weighted by Crippen LogP contribution is -2.08. The quantitative estimate of drug-likeness (QED) is 0.521. The Morgan fingerprint density at radius 1 is 1.08 bits per heavy atom. The Morgan fingerprint density at radius 3 is 2.33 bits per heavy atom. The third-order valence-corrected chi connectivity index (χ3v) is 2.97. The van der Waals surface area contributed by atoms with Gasteiger partial charge in [-0.2, -0.15) is 5.26 Å². The highest BCUT2D eigenvalue weighted by atomic mass is 16.5. The first-order chi connectivity index (χ1) is 11.6. The maximum Gasteiger partial charge on any atom is 0.335 e. The monoisotopic (exact) mass is 318 g/mol. The molecule has 0 aliphatic heterocycles. The van der Waals surface area contributed by atoms with Crippen molar-refractivity contribution in [2.24, 2.45) is 0 Å². The minimum atomic E-state index is -0.544. The molecular formula is C19H14N2O3. The van der Waals surface area contributed by atoms with Crippen LogP contribution in [0, 0.1) is 11.3 Å². The highest BCUT2D eigenvalue weighted by molar-refractivity contribution is 6.01. The van der Waals surface area contributed by atoms with E-state index in [1.165, 1.54) is 6.08 Å². The highest BCUT2D eigenvalue weighted by Crippen LogP contribution is 2.16. The highest BCUT2D eigenvalue weighted by Gasteiger charge is 2.01. The van der Waals surface area contributed by atoms with Crippen LogP contribution in [0.5, 0.6) is 5.75 Å². The summed E-state index contributed by atoms with van der Waals surface area (Å²) < 4.78 is 4.94. The third-order valence-electron chi connectivity index (χ3n) is 2.97. The lowest BCUT2D eigenvalue weighted by Gasteiger charge is -2.04. The van der Waals surface area contributed by atoms with Crippen molar-refractivity contribution in [3.8, 4) is 11.8 Å². The van der Waals surface area contributed by atoms with E-state index in [4.69, 9.17) is 10.00 Å². The van der Waals surface area contributed by atoms with Gasteiger partial charge in [0.15, 0.2) is 0 Å². The Kier molecular flexibility index (Phi) is 5.65. The maximum atomic E-state index is 11.9. The molecule has 5 heteroatoms. The molecule has 2 aromatic carbocycles. The number of rotatable bonds is 5. The van der Waals surface area contributed by atoms with Crippen molar-refractivity contribution in [2.75, 3.05) is 5.32 Å². The number of amides is 1. The Hall–Kier alpha value is -3.65. The van der Waals surface area contributed by atoms with Crippen LogP contribution in [0.2, 0.25) is 0 Å². The fourth-order valence-electron chi connectivity index (χ4n) is 1.79. The van der Waals surface area contributed by atoms with Gasteiger partial charge in [0, 0.05) is 17.8 Å². The maximum absolute atomic E-state index is 11.9. The lowest BCUT2D eigenvalue weighted by atomic mass is 10.1. The molecule has 0 radical (unpaired) electrons. The summed E-state index contributed by atoms with van der Waals surface area (Å²) in [5.74, 6) is -0.474. The van der Waals surface area contributed by atoms with Gasteiger partial charge in [0.1, 0.15) is 5.75 Å². The van der Waals surface area contributed by atoms with Gasteiger partial charge in [-0.05, 0) is 48.0 Å². The Labute approximate surface area is 139 Å². The minimum Gasteiger partial charge on any atom is -0.423 e. The van der Waals surface area contributed by atoms with Crippen molar-refractivity contribution in [3.63, 3.8) is 0 Å². The van der Waals surface area contributed by atoms with Gasteiger partial charge in [-0.1, -0.05) is 18.7 Å². The Balaban J connectivity index is 1.93. The molecule has 5 nitrogen and oxygen atoms in total. The molecule has 0 saturated heterocycles. The minimum absolute atomic E-state index is 0.296. The van der Waals surface area contributed by atoms with Crippen molar-refractivity contribution in [3.05, 3.63) is 78.4 Å². The van der Waals surface area contributed by atoms with Crippen LogP contribution in [0.25, 0.3) is 6.08 Å². The molecule has 0 fully saturated rings. The number of carbonyl (C=O) groups excluding carboxylic acids is 2. The van der Waals surface area contributed by atoms with E-state index in [0.29, 0.717) is 17.0 Å². The summed E-state index contributed by atoms with van der Waals surface area (Å²) in [7, 11) is 0. The van der Waals surface area contributed by atoms with Crippen molar-refractivity contribution in [1.82, 2.24) is 0 Å². The van der Waals surface area contributed by atoms with Gasteiger partial charge in [0.05, 0.1) is 11.6 Å². The molecule has 0 aliphatic rings. The van der Waals surface area contributed by atoms with Crippen molar-refractivity contribution < 1.29 is 14.3 Å². The SMILES string of the molecule is C=CC(=O)Oc1ccc(NC(=O)C=Cc2ccc(C#N)cc2)cc1. The Morgan fingerprint density at radius 2 is 1.75 bits per heavy atom. The first kappa shape index (κ1) is 16.7. The number of nitriles is 1. The summed E-state index contributed by atoms with van der Waals surface area (Å²) in [5, 5.41) is 11.4. The average molecular weight is 318 g/mol. The zero-order valence-corrected chi connectivity index (χ0v) is 12.7. The van der Waals surface area contributed by atoms with E-state index in [0.717, 1.165) is 11.6 Å². The molecule has 0 atom stereocenters. The van der Waals surface area contributed by atoms with Gasteiger partial charge in [0.2, 0.25) is 5.91 Å². The van der Waals surface area contributed by atoms with Gasteiger partial charge in [-0.25, -0.2) is 4.79 Å². The van der Waals surface area contributed by atoms with Crippen LogP contribution in [-0.2, 0) is 9.59 Å². The van der Waals surface area contributed by atoms with Crippen molar-refractivity contribution in [1.29, 1.82) is 5.26 Å². The number of esters is 1. The summed E-state index contributed by atoms with van der Waals surface area (Å²) in [4.78, 5) is 22.9. The largest absolute Gasteiger partial charge is 0.423 e. The van der Waals surface area contributed by atoms with Crippen LogP contribution in [0.4, 0.5) is 5.69 Å². The predicted octanol–water partition coefficient (Wildman–Crippen LogP) is 3.30. The first-order valence-electron chi connectivity index (χ1n) is 7.04. The molecule has 2 rings (SSSR count). The summed E-state index contributed by atoms with van der Waals surface area (Å²) in [6.07, 6.45) is 4.12. The van der Waals surface area contributed by atoms with Crippen LogP contribution in [0.15, 0.2) is 67.3 Å². The third kappa shape index (κ3) is 4.97. The number of ether oxygens (including phenoxy) is 1. The summed E-state index contributed by atoms with van der Waals surface area (Å²) in [5.41, 5.74) is 1.95. The fourth-order valence-corrected chi connectivity index (χ4v) is 1.79. The van der Waals surface area contributed by atoms with E-state index in [-0.39, 0.29) is 5.91 Å². The van der Waals surface area contributed by atoms with Crippen molar-refractivity contribution in [2.45, 2.75) is 0 Å². The standard InChI is InChI=1S/C19H14N2O3/c1-2-19(23)24-17-10-8-16(9-11-17)21-18(22)12-7-14-3-5-15(13-20)6-4-14/h2-12H,1H2,(H,21,22). The van der Waals surface area contributed by atoms with Gasteiger partial charge in [-0.3, -0.25) is 4.79 Å². The van der Waals surface area contributed by atoms with E-state index >= 15 is 0 Å². The van der Waals surface area contributed by atoms with E-state index in [9.17, 15) is 9.59 Å². The summed E-state index contributed by atoms with van der Waals surface area (Å²) >= 11 is 0. The Bertz CT molecular complexity index is 813. The van der Waals surface area contributed by atoms with Crippen LogP contribution in [0.3, 0.4) is 0 Å². The second-order valence-corrected chi connectivity index (χ2v) is 4.71. The fraction of sp³-hybridized carbons (Fsp3) is 0. The van der Waals surface area contributed by atoms with E-state index < -0.39 is 5.97 Å². The van der Waals surface area contributed by atoms with Crippen LogP contribution >= 0.6 is 0 Å². The molecular weight excluding hydrogens is 304 g/mol. The number of anilines is 1. The van der Waals surface area contributed by atoms with E-state index in [1.807, 2.05) is 6.07 Å². The van der Waals surface area contributed by atoms with E-state index in [2.05, 4.69) is 11.9 Å². The second-order valence-electron chi connectivity index (χ2n) is 4.71. The molecule has 0 unspecified atom stereocenters. The molecule has 2 aromatic rings.